The standard InChI is InChI=1S/C18H18ClNO2/c1-2-18(21)20-12-17(15-8-10-16(19)11-9-15)22-13-14-6-4-3-5-7-14/h2-11,17H,1,12-13H2,(H,20,21). The van der Waals surface area contributed by atoms with Crippen LogP contribution in [0.15, 0.2) is 67.3 Å². The number of amides is 1. The molecular formula is C18H18ClNO2. The van der Waals surface area contributed by atoms with Gasteiger partial charge < -0.3 is 10.1 Å². The normalized spacial score (nSPS) is 11.7. The van der Waals surface area contributed by atoms with Crippen molar-refractivity contribution in [3.8, 4) is 0 Å². The highest BCUT2D eigenvalue weighted by Gasteiger charge is 2.13. The maximum absolute atomic E-state index is 11.4. The molecule has 1 unspecified atom stereocenters. The maximum atomic E-state index is 11.4. The zero-order valence-electron chi connectivity index (χ0n) is 12.2. The molecule has 0 saturated heterocycles. The van der Waals surface area contributed by atoms with Gasteiger partial charge in [0, 0.05) is 11.6 Å². The van der Waals surface area contributed by atoms with Crippen LogP contribution in [0.3, 0.4) is 0 Å². The van der Waals surface area contributed by atoms with E-state index < -0.39 is 0 Å². The monoisotopic (exact) mass is 315 g/mol. The summed E-state index contributed by atoms with van der Waals surface area (Å²) in [6.45, 7) is 4.29. The molecule has 2 aromatic carbocycles. The Morgan fingerprint density at radius 2 is 1.86 bits per heavy atom. The van der Waals surface area contributed by atoms with Crippen LogP contribution in [-0.4, -0.2) is 12.5 Å². The van der Waals surface area contributed by atoms with Crippen molar-refractivity contribution in [1.29, 1.82) is 0 Å². The Morgan fingerprint density at radius 3 is 2.50 bits per heavy atom. The van der Waals surface area contributed by atoms with Crippen molar-refractivity contribution in [2.45, 2.75) is 12.7 Å². The summed E-state index contributed by atoms with van der Waals surface area (Å²) in [6, 6.07) is 17.3. The first-order chi connectivity index (χ1) is 10.7. The molecule has 4 heteroatoms. The van der Waals surface area contributed by atoms with E-state index in [1.54, 1.807) is 0 Å². The summed E-state index contributed by atoms with van der Waals surface area (Å²) in [5.41, 5.74) is 2.04. The highest BCUT2D eigenvalue weighted by Crippen LogP contribution is 2.21. The van der Waals surface area contributed by atoms with E-state index in [1.807, 2.05) is 54.6 Å². The minimum absolute atomic E-state index is 0.220. The number of benzene rings is 2. The van der Waals surface area contributed by atoms with Crippen molar-refractivity contribution < 1.29 is 9.53 Å². The van der Waals surface area contributed by atoms with E-state index in [9.17, 15) is 4.79 Å². The third kappa shape index (κ3) is 5.02. The van der Waals surface area contributed by atoms with Gasteiger partial charge >= 0.3 is 0 Å². The van der Waals surface area contributed by atoms with Crippen molar-refractivity contribution in [1.82, 2.24) is 5.32 Å². The molecule has 114 valence electrons. The fourth-order valence-corrected chi connectivity index (χ4v) is 2.11. The fourth-order valence-electron chi connectivity index (χ4n) is 1.99. The Bertz CT molecular complexity index is 611. The number of nitrogens with one attached hydrogen (secondary N) is 1. The number of rotatable bonds is 7. The second-order valence-corrected chi connectivity index (χ2v) is 5.22. The van der Waals surface area contributed by atoms with Crippen molar-refractivity contribution in [3.63, 3.8) is 0 Å². The zero-order chi connectivity index (χ0) is 15.8. The molecule has 0 saturated carbocycles. The van der Waals surface area contributed by atoms with Crippen LogP contribution in [0.2, 0.25) is 5.02 Å². The lowest BCUT2D eigenvalue weighted by Gasteiger charge is -2.19. The molecule has 2 aromatic rings. The quantitative estimate of drug-likeness (QED) is 0.787. The number of carbonyl (C=O) groups is 1. The number of hydrogen-bond donors (Lipinski definition) is 1. The predicted molar refractivity (Wildman–Crippen MR) is 88.6 cm³/mol. The summed E-state index contributed by atoms with van der Waals surface area (Å²) in [5, 5.41) is 3.43. The Morgan fingerprint density at radius 1 is 1.18 bits per heavy atom. The van der Waals surface area contributed by atoms with Crippen LogP contribution in [0, 0.1) is 0 Å². The second kappa shape index (κ2) is 8.37. The number of carbonyl (C=O) groups excluding carboxylic acids is 1. The molecule has 3 nitrogen and oxygen atoms in total. The molecule has 1 atom stereocenters. The van der Waals surface area contributed by atoms with Crippen LogP contribution in [-0.2, 0) is 16.1 Å². The van der Waals surface area contributed by atoms with E-state index >= 15 is 0 Å². The molecule has 0 aliphatic heterocycles. The van der Waals surface area contributed by atoms with Gasteiger partial charge in [0.2, 0.25) is 5.91 Å². The Labute approximate surface area is 135 Å². The molecule has 0 radical (unpaired) electrons. The van der Waals surface area contributed by atoms with E-state index in [4.69, 9.17) is 16.3 Å². The molecule has 22 heavy (non-hydrogen) atoms. The van der Waals surface area contributed by atoms with Gasteiger partial charge in [-0.25, -0.2) is 0 Å². The van der Waals surface area contributed by atoms with Crippen molar-refractivity contribution >= 4 is 17.5 Å². The lowest BCUT2D eigenvalue weighted by Crippen LogP contribution is -2.27. The van der Waals surface area contributed by atoms with Crippen LogP contribution < -0.4 is 5.32 Å². The lowest BCUT2D eigenvalue weighted by molar-refractivity contribution is -0.117. The van der Waals surface area contributed by atoms with Gasteiger partial charge in [0.25, 0.3) is 0 Å². The van der Waals surface area contributed by atoms with Crippen molar-refractivity contribution in [2.24, 2.45) is 0 Å². The first-order valence-corrected chi connectivity index (χ1v) is 7.38. The summed E-state index contributed by atoms with van der Waals surface area (Å²) in [6.07, 6.45) is 0.997. The predicted octanol–water partition coefficient (Wildman–Crippen LogP) is 3.90. The van der Waals surface area contributed by atoms with Gasteiger partial charge in [0.15, 0.2) is 0 Å². The first-order valence-electron chi connectivity index (χ1n) is 7.00. The molecule has 0 spiro atoms. The van der Waals surface area contributed by atoms with Crippen molar-refractivity contribution in [2.75, 3.05) is 6.54 Å². The van der Waals surface area contributed by atoms with Gasteiger partial charge in [0.05, 0.1) is 6.61 Å². The van der Waals surface area contributed by atoms with Crippen molar-refractivity contribution in [3.05, 3.63) is 83.4 Å². The van der Waals surface area contributed by atoms with Gasteiger partial charge in [-0.15, -0.1) is 0 Å². The average Bonchev–Trinajstić information content (AvgIpc) is 2.56. The van der Waals surface area contributed by atoms with Crippen LogP contribution in [0.4, 0.5) is 0 Å². The summed E-state index contributed by atoms with van der Waals surface area (Å²) >= 11 is 5.92. The smallest absolute Gasteiger partial charge is 0.243 e. The minimum atomic E-state index is -0.249. The van der Waals surface area contributed by atoms with Gasteiger partial charge in [-0.05, 0) is 29.3 Å². The van der Waals surface area contributed by atoms with E-state index in [-0.39, 0.29) is 12.0 Å². The maximum Gasteiger partial charge on any atom is 0.243 e. The summed E-state index contributed by atoms with van der Waals surface area (Å²) in [4.78, 5) is 11.4. The molecular weight excluding hydrogens is 298 g/mol. The molecule has 0 aromatic heterocycles. The molecule has 2 rings (SSSR count). The van der Waals surface area contributed by atoms with Crippen LogP contribution in [0.5, 0.6) is 0 Å². The van der Waals surface area contributed by atoms with E-state index in [2.05, 4.69) is 11.9 Å². The first kappa shape index (κ1) is 16.3. The third-order valence-electron chi connectivity index (χ3n) is 3.18. The van der Waals surface area contributed by atoms with Gasteiger partial charge in [-0.3, -0.25) is 4.79 Å². The summed E-state index contributed by atoms with van der Waals surface area (Å²) in [7, 11) is 0. The zero-order valence-corrected chi connectivity index (χ0v) is 12.9. The molecule has 1 amide bonds. The largest absolute Gasteiger partial charge is 0.367 e. The molecule has 0 fully saturated rings. The SMILES string of the molecule is C=CC(=O)NCC(OCc1ccccc1)c1ccc(Cl)cc1. The van der Waals surface area contributed by atoms with Crippen LogP contribution in [0.1, 0.15) is 17.2 Å². The van der Waals surface area contributed by atoms with Gasteiger partial charge in [-0.2, -0.15) is 0 Å². The number of hydrogen-bond acceptors (Lipinski definition) is 2. The number of halogens is 1. The molecule has 1 N–H and O–H groups in total. The van der Waals surface area contributed by atoms with Gasteiger partial charge in [-0.1, -0.05) is 60.6 Å². The fraction of sp³-hybridized carbons (Fsp3) is 0.167. The number of ether oxygens (including phenoxy) is 1. The van der Waals surface area contributed by atoms with Crippen LogP contribution in [0.25, 0.3) is 0 Å². The van der Waals surface area contributed by atoms with Gasteiger partial charge in [0.1, 0.15) is 6.10 Å². The highest BCUT2D eigenvalue weighted by molar-refractivity contribution is 6.30. The highest BCUT2D eigenvalue weighted by atomic mass is 35.5. The van der Waals surface area contributed by atoms with E-state index in [1.165, 1.54) is 6.08 Å². The Hall–Kier alpha value is -2.10. The topological polar surface area (TPSA) is 38.3 Å². The Kier molecular flexibility index (Phi) is 6.19. The minimum Gasteiger partial charge on any atom is -0.367 e. The summed E-state index contributed by atoms with van der Waals surface area (Å²) < 4.78 is 5.96. The van der Waals surface area contributed by atoms with E-state index in [0.717, 1.165) is 11.1 Å². The van der Waals surface area contributed by atoms with Crippen LogP contribution >= 0.6 is 11.6 Å². The third-order valence-corrected chi connectivity index (χ3v) is 3.43. The lowest BCUT2D eigenvalue weighted by atomic mass is 10.1. The molecule has 0 aliphatic carbocycles. The summed E-state index contributed by atoms with van der Waals surface area (Å²) in [5.74, 6) is -0.220. The molecule has 0 heterocycles. The Balaban J connectivity index is 2.05. The van der Waals surface area contributed by atoms with E-state index in [0.29, 0.717) is 18.2 Å². The molecule has 0 aliphatic rings. The molecule has 0 bridgehead atoms. The second-order valence-electron chi connectivity index (χ2n) is 4.79. The average molecular weight is 316 g/mol.